The Kier molecular flexibility index (Phi) is 8.13. The van der Waals surface area contributed by atoms with E-state index in [0.717, 1.165) is 39.0 Å². The molecule has 0 N–H and O–H groups in total. The standard InChI is InChI=1S/C43H28F6N4/c1-25-13-17-33-34-18-14-26(2)22-38(34)53(37(33)21-25)30-16-20-31(32-19-15-29(42(44,45)46)23-36(32)43(47,48)49)35(24-30)41-51-39(27-9-5-3-6-10-27)50-40(52-41)28-11-7-4-8-12-28/h3-24H,1-2H3. The molecule has 0 saturated carbocycles. The summed E-state index contributed by atoms with van der Waals surface area (Å²) in [5, 5.41) is 1.97. The smallest absolute Gasteiger partial charge is 0.309 e. The molecule has 262 valence electrons. The fourth-order valence-electron chi connectivity index (χ4n) is 6.73. The number of hydrogen-bond donors (Lipinski definition) is 0. The third-order valence-corrected chi connectivity index (χ3v) is 9.22. The second-order valence-electron chi connectivity index (χ2n) is 12.9. The summed E-state index contributed by atoms with van der Waals surface area (Å²) >= 11 is 0. The van der Waals surface area contributed by atoms with Crippen molar-refractivity contribution in [3.8, 4) is 51.0 Å². The molecule has 0 radical (unpaired) electrons. The number of benzene rings is 6. The quantitative estimate of drug-likeness (QED) is 0.167. The molecule has 0 unspecified atom stereocenters. The van der Waals surface area contributed by atoms with Gasteiger partial charge >= 0.3 is 12.4 Å². The van der Waals surface area contributed by atoms with Crippen LogP contribution in [0.2, 0.25) is 0 Å². The third kappa shape index (κ3) is 6.30. The molecule has 0 aliphatic heterocycles. The van der Waals surface area contributed by atoms with Gasteiger partial charge in [-0.15, -0.1) is 0 Å². The summed E-state index contributed by atoms with van der Waals surface area (Å²) in [6.07, 6.45) is -10.1. The summed E-state index contributed by atoms with van der Waals surface area (Å²) in [5.74, 6) is 0.602. The Morgan fingerprint density at radius 2 is 0.962 bits per heavy atom. The topological polar surface area (TPSA) is 43.6 Å². The predicted octanol–water partition coefficient (Wildman–Crippen LogP) is 12.3. The molecule has 0 spiro atoms. The Morgan fingerprint density at radius 3 is 1.47 bits per heavy atom. The van der Waals surface area contributed by atoms with Gasteiger partial charge in [-0.1, -0.05) is 97.1 Å². The fraction of sp³-hybridized carbons (Fsp3) is 0.0930. The molecule has 0 saturated heterocycles. The first-order valence-electron chi connectivity index (χ1n) is 16.7. The first-order valence-corrected chi connectivity index (χ1v) is 16.7. The SMILES string of the molecule is Cc1ccc2c3ccc(C)cc3n(-c3ccc(-c4ccc(C(F)(F)F)cc4C(F)(F)F)c(-c4nc(-c5ccccc5)nc(-c5ccccc5)n4)c3)c2c1. The highest BCUT2D eigenvalue weighted by Crippen LogP contribution is 2.45. The summed E-state index contributed by atoms with van der Waals surface area (Å²) in [7, 11) is 0. The zero-order chi connectivity index (χ0) is 37.1. The van der Waals surface area contributed by atoms with E-state index in [9.17, 15) is 26.3 Å². The predicted molar refractivity (Wildman–Crippen MR) is 195 cm³/mol. The third-order valence-electron chi connectivity index (χ3n) is 9.22. The maximum atomic E-state index is 14.7. The normalized spacial score (nSPS) is 12.2. The number of halogens is 6. The molecule has 2 heterocycles. The van der Waals surface area contributed by atoms with Gasteiger partial charge < -0.3 is 4.57 Å². The molecular weight excluding hydrogens is 686 g/mol. The summed E-state index contributed by atoms with van der Waals surface area (Å²) in [5.41, 5.74) is 2.57. The van der Waals surface area contributed by atoms with Crippen LogP contribution >= 0.6 is 0 Å². The Morgan fingerprint density at radius 1 is 0.453 bits per heavy atom. The van der Waals surface area contributed by atoms with Crippen molar-refractivity contribution in [3.05, 3.63) is 156 Å². The van der Waals surface area contributed by atoms with Crippen molar-refractivity contribution >= 4 is 21.8 Å². The molecule has 0 bridgehead atoms. The van der Waals surface area contributed by atoms with Crippen molar-refractivity contribution in [2.75, 3.05) is 0 Å². The minimum Gasteiger partial charge on any atom is -0.309 e. The summed E-state index contributed by atoms with van der Waals surface area (Å²) in [6, 6.07) is 37.0. The van der Waals surface area contributed by atoms with Gasteiger partial charge in [0.2, 0.25) is 0 Å². The second kappa shape index (κ2) is 12.7. The van der Waals surface area contributed by atoms with Gasteiger partial charge in [-0.3, -0.25) is 0 Å². The van der Waals surface area contributed by atoms with E-state index >= 15 is 0 Å². The largest absolute Gasteiger partial charge is 0.417 e. The van der Waals surface area contributed by atoms with Crippen LogP contribution < -0.4 is 0 Å². The molecular formula is C43H28F6N4. The van der Waals surface area contributed by atoms with Gasteiger partial charge in [0.1, 0.15) is 0 Å². The van der Waals surface area contributed by atoms with Crippen LogP contribution in [-0.4, -0.2) is 19.5 Å². The zero-order valence-electron chi connectivity index (χ0n) is 28.3. The van der Waals surface area contributed by atoms with E-state index in [-0.39, 0.29) is 34.7 Å². The van der Waals surface area contributed by atoms with Gasteiger partial charge in [0.05, 0.1) is 22.2 Å². The van der Waals surface area contributed by atoms with Crippen LogP contribution in [0.4, 0.5) is 26.3 Å². The zero-order valence-corrected chi connectivity index (χ0v) is 28.3. The monoisotopic (exact) mass is 714 g/mol. The molecule has 0 aliphatic carbocycles. The maximum Gasteiger partial charge on any atom is 0.417 e. The van der Waals surface area contributed by atoms with Crippen molar-refractivity contribution in [1.82, 2.24) is 19.5 Å². The van der Waals surface area contributed by atoms with Gasteiger partial charge in [-0.25, -0.2) is 15.0 Å². The lowest BCUT2D eigenvalue weighted by atomic mass is 9.92. The van der Waals surface area contributed by atoms with Crippen LogP contribution in [0.5, 0.6) is 0 Å². The fourth-order valence-corrected chi connectivity index (χ4v) is 6.73. The number of fused-ring (bicyclic) bond motifs is 3. The molecule has 0 fully saturated rings. The van der Waals surface area contributed by atoms with Crippen molar-refractivity contribution < 1.29 is 26.3 Å². The molecule has 10 heteroatoms. The molecule has 6 aromatic carbocycles. The minimum absolute atomic E-state index is 0.00662. The van der Waals surface area contributed by atoms with Crippen molar-refractivity contribution in [2.45, 2.75) is 26.2 Å². The lowest BCUT2D eigenvalue weighted by Crippen LogP contribution is -2.12. The van der Waals surface area contributed by atoms with Crippen LogP contribution in [0.3, 0.4) is 0 Å². The van der Waals surface area contributed by atoms with Gasteiger partial charge in [0, 0.05) is 33.2 Å². The van der Waals surface area contributed by atoms with Crippen molar-refractivity contribution in [2.24, 2.45) is 0 Å². The first kappa shape index (κ1) is 33.8. The van der Waals surface area contributed by atoms with E-state index in [0.29, 0.717) is 22.9 Å². The molecule has 53 heavy (non-hydrogen) atoms. The lowest BCUT2D eigenvalue weighted by Gasteiger charge is -2.19. The lowest BCUT2D eigenvalue weighted by molar-refractivity contribution is -0.142. The number of hydrogen-bond acceptors (Lipinski definition) is 3. The van der Waals surface area contributed by atoms with Crippen LogP contribution in [0, 0.1) is 13.8 Å². The molecule has 0 amide bonds. The van der Waals surface area contributed by atoms with E-state index in [2.05, 4.69) is 0 Å². The number of aromatic nitrogens is 4. The first-order chi connectivity index (χ1) is 25.3. The average Bonchev–Trinajstić information content (AvgIpc) is 3.46. The number of nitrogens with zero attached hydrogens (tertiary/aromatic N) is 4. The Hall–Kier alpha value is -6.29. The Bertz CT molecular complexity index is 2550. The highest BCUT2D eigenvalue weighted by Gasteiger charge is 2.39. The molecule has 4 nitrogen and oxygen atoms in total. The highest BCUT2D eigenvalue weighted by molar-refractivity contribution is 6.09. The van der Waals surface area contributed by atoms with Crippen LogP contribution in [0.1, 0.15) is 22.3 Å². The Balaban J connectivity index is 1.47. The van der Waals surface area contributed by atoms with Crippen LogP contribution in [0.25, 0.3) is 72.8 Å². The number of rotatable bonds is 5. The maximum absolute atomic E-state index is 14.7. The Labute approximate surface area is 300 Å². The van der Waals surface area contributed by atoms with Gasteiger partial charge in [-0.2, -0.15) is 26.3 Å². The summed E-state index contributed by atoms with van der Waals surface area (Å²) in [4.78, 5) is 14.4. The van der Waals surface area contributed by atoms with Crippen LogP contribution in [-0.2, 0) is 12.4 Å². The molecule has 2 aromatic heterocycles. The highest BCUT2D eigenvalue weighted by atomic mass is 19.4. The van der Waals surface area contributed by atoms with Gasteiger partial charge in [0.25, 0.3) is 0 Å². The van der Waals surface area contributed by atoms with Crippen LogP contribution in [0.15, 0.2) is 133 Å². The van der Waals surface area contributed by atoms with E-state index in [1.165, 1.54) is 6.07 Å². The van der Waals surface area contributed by atoms with Gasteiger partial charge in [0.15, 0.2) is 17.5 Å². The van der Waals surface area contributed by atoms with E-state index < -0.39 is 29.0 Å². The molecule has 8 aromatic rings. The summed E-state index contributed by atoms with van der Waals surface area (Å²) in [6.45, 7) is 3.96. The number of alkyl halides is 6. The van der Waals surface area contributed by atoms with E-state index in [1.807, 2.05) is 115 Å². The summed E-state index contributed by atoms with van der Waals surface area (Å²) < 4.78 is 87.5. The molecule has 0 atom stereocenters. The van der Waals surface area contributed by atoms with E-state index in [1.54, 1.807) is 12.1 Å². The average molecular weight is 715 g/mol. The van der Waals surface area contributed by atoms with Crippen molar-refractivity contribution in [1.29, 1.82) is 0 Å². The minimum atomic E-state index is -5.11. The molecule has 8 rings (SSSR count). The molecule has 0 aliphatic rings. The number of aryl methyl sites for hydroxylation is 2. The van der Waals surface area contributed by atoms with E-state index in [4.69, 9.17) is 15.0 Å². The second-order valence-corrected chi connectivity index (χ2v) is 12.9. The van der Waals surface area contributed by atoms with Gasteiger partial charge in [-0.05, 0) is 72.5 Å². The van der Waals surface area contributed by atoms with Crippen molar-refractivity contribution in [3.63, 3.8) is 0 Å².